The van der Waals surface area contributed by atoms with Gasteiger partial charge in [0.05, 0.1) is 5.41 Å². The predicted molar refractivity (Wildman–Crippen MR) is 118 cm³/mol. The van der Waals surface area contributed by atoms with Crippen LogP contribution in [0.5, 0.6) is 0 Å². The Labute approximate surface area is 174 Å². The molecule has 0 saturated carbocycles. The molecule has 138 valence electrons. The van der Waals surface area contributed by atoms with Crippen molar-refractivity contribution >= 4 is 24.3 Å². The van der Waals surface area contributed by atoms with Crippen molar-refractivity contribution in [1.82, 2.24) is 0 Å². The summed E-state index contributed by atoms with van der Waals surface area (Å²) in [5, 5.41) is 20.3. The summed E-state index contributed by atoms with van der Waals surface area (Å²) in [6.07, 6.45) is 0. The number of hydrogen-bond acceptors (Lipinski definition) is 3. The lowest BCUT2D eigenvalue weighted by molar-refractivity contribution is 0.426. The zero-order chi connectivity index (χ0) is 19.6. The molecular formula is C25H17BO2S. The van der Waals surface area contributed by atoms with Crippen molar-refractivity contribution in [1.29, 1.82) is 0 Å². The van der Waals surface area contributed by atoms with Crippen molar-refractivity contribution in [3.8, 4) is 11.1 Å². The molecule has 2 N–H and O–H groups in total. The van der Waals surface area contributed by atoms with Crippen LogP contribution in [0.4, 0.5) is 0 Å². The molecule has 4 heteroatoms. The second kappa shape index (κ2) is 6.10. The summed E-state index contributed by atoms with van der Waals surface area (Å²) in [4.78, 5) is 2.48. The zero-order valence-electron chi connectivity index (χ0n) is 15.5. The van der Waals surface area contributed by atoms with Gasteiger partial charge in [0, 0.05) is 9.79 Å². The average Bonchev–Trinajstić information content (AvgIpc) is 3.05. The molecule has 4 aromatic rings. The Bertz CT molecular complexity index is 1240. The van der Waals surface area contributed by atoms with Gasteiger partial charge in [0.15, 0.2) is 0 Å². The maximum absolute atomic E-state index is 10.1. The first-order valence-electron chi connectivity index (χ1n) is 9.69. The van der Waals surface area contributed by atoms with E-state index in [2.05, 4.69) is 72.8 Å². The molecule has 6 rings (SSSR count). The lowest BCUT2D eigenvalue weighted by Gasteiger charge is -2.39. The molecule has 0 aromatic heterocycles. The van der Waals surface area contributed by atoms with E-state index in [9.17, 15) is 10.0 Å². The van der Waals surface area contributed by atoms with Gasteiger partial charge in [-0.3, -0.25) is 0 Å². The zero-order valence-corrected chi connectivity index (χ0v) is 16.4. The van der Waals surface area contributed by atoms with Gasteiger partial charge in [0.1, 0.15) is 0 Å². The highest BCUT2D eigenvalue weighted by molar-refractivity contribution is 7.99. The van der Waals surface area contributed by atoms with E-state index < -0.39 is 12.5 Å². The maximum atomic E-state index is 10.1. The molecular weight excluding hydrogens is 375 g/mol. The molecule has 0 fully saturated rings. The first-order valence-corrected chi connectivity index (χ1v) is 10.5. The largest absolute Gasteiger partial charge is 0.489 e. The number of fused-ring (bicyclic) bond motifs is 9. The molecule has 1 aliphatic heterocycles. The molecule has 2 aliphatic rings. The number of benzene rings is 4. The molecule has 2 nitrogen and oxygen atoms in total. The molecule has 1 heterocycles. The summed E-state index contributed by atoms with van der Waals surface area (Å²) >= 11 is 1.80. The van der Waals surface area contributed by atoms with Crippen LogP contribution in [0.2, 0.25) is 0 Å². The average molecular weight is 392 g/mol. The fraction of sp³-hybridized carbons (Fsp3) is 0.0400. The minimum Gasteiger partial charge on any atom is -0.423 e. The van der Waals surface area contributed by atoms with Crippen LogP contribution >= 0.6 is 11.8 Å². The highest BCUT2D eigenvalue weighted by atomic mass is 32.2. The maximum Gasteiger partial charge on any atom is 0.489 e. The molecule has 0 atom stereocenters. The highest BCUT2D eigenvalue weighted by Crippen LogP contribution is 2.61. The van der Waals surface area contributed by atoms with Crippen molar-refractivity contribution in [3.05, 3.63) is 113 Å². The third-order valence-corrected chi connectivity index (χ3v) is 7.33. The fourth-order valence-electron chi connectivity index (χ4n) is 5.15. The van der Waals surface area contributed by atoms with Crippen LogP contribution in [0, 0.1) is 0 Å². The lowest BCUT2D eigenvalue weighted by Crippen LogP contribution is -2.34. The summed E-state index contributed by atoms with van der Waals surface area (Å²) in [6, 6.07) is 31.4. The Morgan fingerprint density at radius 2 is 1.14 bits per heavy atom. The Hall–Kier alpha value is -2.79. The van der Waals surface area contributed by atoms with Crippen LogP contribution in [-0.2, 0) is 5.41 Å². The van der Waals surface area contributed by atoms with Gasteiger partial charge in [0.2, 0.25) is 0 Å². The normalized spacial score (nSPS) is 14.7. The second-order valence-corrected chi connectivity index (χ2v) is 8.62. The van der Waals surface area contributed by atoms with E-state index in [1.807, 2.05) is 18.2 Å². The van der Waals surface area contributed by atoms with E-state index >= 15 is 0 Å². The number of hydrogen-bond donors (Lipinski definition) is 2. The van der Waals surface area contributed by atoms with Gasteiger partial charge in [-0.05, 0) is 51.0 Å². The Kier molecular flexibility index (Phi) is 3.60. The Morgan fingerprint density at radius 3 is 1.79 bits per heavy atom. The van der Waals surface area contributed by atoms with Crippen LogP contribution in [0.3, 0.4) is 0 Å². The smallest absolute Gasteiger partial charge is 0.423 e. The van der Waals surface area contributed by atoms with Gasteiger partial charge >= 0.3 is 7.12 Å². The van der Waals surface area contributed by atoms with Gasteiger partial charge in [0.25, 0.3) is 0 Å². The van der Waals surface area contributed by atoms with E-state index in [0.29, 0.717) is 5.46 Å². The Morgan fingerprint density at radius 1 is 0.586 bits per heavy atom. The SMILES string of the molecule is OB(O)c1cccc2c1-c1ccccc1C21c2ccccc2Sc2ccccc21. The highest BCUT2D eigenvalue weighted by Gasteiger charge is 2.50. The van der Waals surface area contributed by atoms with Crippen LogP contribution in [-0.4, -0.2) is 17.2 Å². The molecule has 1 spiro atoms. The van der Waals surface area contributed by atoms with Crippen molar-refractivity contribution in [2.45, 2.75) is 15.2 Å². The van der Waals surface area contributed by atoms with Crippen LogP contribution in [0.15, 0.2) is 101 Å². The second-order valence-electron chi connectivity index (χ2n) is 7.53. The van der Waals surface area contributed by atoms with Crippen molar-refractivity contribution in [2.75, 3.05) is 0 Å². The third kappa shape index (κ3) is 2.11. The monoisotopic (exact) mass is 392 g/mol. The minimum absolute atomic E-state index is 0.463. The van der Waals surface area contributed by atoms with Gasteiger partial charge in [-0.1, -0.05) is 90.6 Å². The van der Waals surface area contributed by atoms with Gasteiger partial charge in [-0.25, -0.2) is 0 Å². The van der Waals surface area contributed by atoms with Gasteiger partial charge in [-0.15, -0.1) is 0 Å². The summed E-state index contributed by atoms with van der Waals surface area (Å²) in [5.74, 6) is 0. The molecule has 0 radical (unpaired) electrons. The van der Waals surface area contributed by atoms with Crippen molar-refractivity contribution in [2.24, 2.45) is 0 Å². The van der Waals surface area contributed by atoms with E-state index in [4.69, 9.17) is 0 Å². The lowest BCUT2D eigenvalue weighted by atomic mass is 9.66. The van der Waals surface area contributed by atoms with Gasteiger partial charge in [-0.2, -0.15) is 0 Å². The standard InChI is InChI=1S/C25H17BO2S/c27-26(28)21-13-7-12-20-24(21)16-8-1-2-9-17(16)25(20)18-10-3-5-14-22(18)29-23-15-6-4-11-19(23)25/h1-15,27-28H. The van der Waals surface area contributed by atoms with E-state index in [0.717, 1.165) is 16.7 Å². The first kappa shape index (κ1) is 17.1. The van der Waals surface area contributed by atoms with Crippen molar-refractivity contribution in [3.63, 3.8) is 0 Å². The summed E-state index contributed by atoms with van der Waals surface area (Å²) in [5.41, 5.74) is 6.92. The first-order chi connectivity index (χ1) is 14.2. The summed E-state index contributed by atoms with van der Waals surface area (Å²) < 4.78 is 0. The van der Waals surface area contributed by atoms with Crippen molar-refractivity contribution < 1.29 is 10.0 Å². The van der Waals surface area contributed by atoms with Crippen LogP contribution < -0.4 is 5.46 Å². The summed E-state index contributed by atoms with van der Waals surface area (Å²) in [7, 11) is -1.52. The van der Waals surface area contributed by atoms with E-state index in [-0.39, 0.29) is 0 Å². The quantitative estimate of drug-likeness (QED) is 0.412. The van der Waals surface area contributed by atoms with Gasteiger partial charge < -0.3 is 10.0 Å². The Balaban J connectivity index is 1.85. The summed E-state index contributed by atoms with van der Waals surface area (Å²) in [6.45, 7) is 0. The molecule has 0 saturated heterocycles. The topological polar surface area (TPSA) is 40.5 Å². The molecule has 29 heavy (non-hydrogen) atoms. The fourth-order valence-corrected chi connectivity index (χ4v) is 6.34. The van der Waals surface area contributed by atoms with Crippen LogP contribution in [0.25, 0.3) is 11.1 Å². The number of rotatable bonds is 1. The molecule has 1 aliphatic carbocycles. The third-order valence-electron chi connectivity index (χ3n) is 6.18. The molecule has 0 amide bonds. The van der Waals surface area contributed by atoms with E-state index in [1.54, 1.807) is 11.8 Å². The minimum atomic E-state index is -1.52. The molecule has 4 aromatic carbocycles. The van der Waals surface area contributed by atoms with Crippen LogP contribution in [0.1, 0.15) is 22.3 Å². The van der Waals surface area contributed by atoms with E-state index in [1.165, 1.54) is 26.5 Å². The molecule has 0 unspecified atom stereocenters. The molecule has 0 bridgehead atoms. The predicted octanol–water partition coefficient (Wildman–Crippen LogP) is 4.19.